The molecule has 0 atom stereocenters. The predicted molar refractivity (Wildman–Crippen MR) is 82.8 cm³/mol. The number of carboxylic acids is 1. The number of hydrogen-bond acceptors (Lipinski definition) is 2. The average Bonchev–Trinajstić information content (AvgIpc) is 2.45. The summed E-state index contributed by atoms with van der Waals surface area (Å²) in [7, 11) is 0. The molecule has 0 unspecified atom stereocenters. The maximum atomic E-state index is 14.2. The smallest absolute Gasteiger partial charge is 0.328 e. The summed E-state index contributed by atoms with van der Waals surface area (Å²) in [4.78, 5) is 12.6. The highest BCUT2D eigenvalue weighted by molar-refractivity contribution is 5.85. The third-order valence-electron chi connectivity index (χ3n) is 4.21. The maximum Gasteiger partial charge on any atom is 0.328 e. The zero-order valence-electron chi connectivity index (χ0n) is 12.6. The fourth-order valence-corrected chi connectivity index (χ4v) is 2.86. The van der Waals surface area contributed by atoms with Crippen LogP contribution in [-0.2, 0) is 4.79 Å². The van der Waals surface area contributed by atoms with Crippen LogP contribution in [-0.4, -0.2) is 24.2 Å². The molecule has 1 N–H and O–H groups in total. The highest BCUT2D eigenvalue weighted by Gasteiger charge is 2.23. The minimum Gasteiger partial charge on any atom is -0.478 e. The highest BCUT2D eigenvalue weighted by Crippen LogP contribution is 2.29. The zero-order valence-corrected chi connectivity index (χ0v) is 12.6. The van der Waals surface area contributed by atoms with Gasteiger partial charge in [-0.3, -0.25) is 0 Å². The Hall–Kier alpha value is -1.84. The summed E-state index contributed by atoms with van der Waals surface area (Å²) < 4.78 is 14.2. The second-order valence-electron chi connectivity index (χ2n) is 5.95. The first-order valence-corrected chi connectivity index (χ1v) is 7.43. The van der Waals surface area contributed by atoms with Crippen LogP contribution in [0.1, 0.15) is 32.3 Å². The molecule has 0 aromatic heterocycles. The van der Waals surface area contributed by atoms with E-state index in [4.69, 9.17) is 5.11 Å². The Kier molecular flexibility index (Phi) is 4.99. The highest BCUT2D eigenvalue weighted by atomic mass is 19.1. The van der Waals surface area contributed by atoms with Crippen LogP contribution in [0.4, 0.5) is 10.1 Å². The minimum absolute atomic E-state index is 0.287. The Morgan fingerprint density at radius 2 is 2.05 bits per heavy atom. The lowest BCUT2D eigenvalue weighted by Gasteiger charge is -2.35. The largest absolute Gasteiger partial charge is 0.478 e. The quantitative estimate of drug-likeness (QED) is 0.858. The van der Waals surface area contributed by atoms with Crippen LogP contribution in [0.5, 0.6) is 0 Å². The van der Waals surface area contributed by atoms with Crippen LogP contribution < -0.4 is 4.90 Å². The molecule has 1 heterocycles. The molecule has 3 nitrogen and oxygen atoms in total. The lowest BCUT2D eigenvalue weighted by atomic mass is 9.86. The van der Waals surface area contributed by atoms with Crippen molar-refractivity contribution < 1.29 is 14.3 Å². The SMILES string of the molecule is CC(C)C1CCN(c2ccc(/C=C/C(=O)O)cc2F)CC1. The fraction of sp³-hybridized carbons (Fsp3) is 0.471. The number of carboxylic acid groups (broad SMARTS) is 1. The fourth-order valence-electron chi connectivity index (χ4n) is 2.86. The Bertz CT molecular complexity index is 532. The van der Waals surface area contributed by atoms with Crippen molar-refractivity contribution in [1.29, 1.82) is 0 Å². The molecule has 114 valence electrons. The van der Waals surface area contributed by atoms with E-state index < -0.39 is 5.97 Å². The summed E-state index contributed by atoms with van der Waals surface area (Å²) >= 11 is 0. The Morgan fingerprint density at radius 1 is 1.38 bits per heavy atom. The molecule has 2 rings (SSSR count). The first kappa shape index (κ1) is 15.5. The van der Waals surface area contributed by atoms with Crippen LogP contribution in [0.3, 0.4) is 0 Å². The maximum absolute atomic E-state index is 14.2. The van der Waals surface area contributed by atoms with Gasteiger partial charge in [-0.15, -0.1) is 0 Å². The third kappa shape index (κ3) is 4.06. The Morgan fingerprint density at radius 3 is 2.57 bits per heavy atom. The molecule has 4 heteroatoms. The van der Waals surface area contributed by atoms with E-state index in [1.807, 2.05) is 0 Å². The van der Waals surface area contributed by atoms with Gasteiger partial charge in [0.15, 0.2) is 0 Å². The van der Waals surface area contributed by atoms with Gasteiger partial charge >= 0.3 is 5.97 Å². The van der Waals surface area contributed by atoms with Gasteiger partial charge in [0.05, 0.1) is 5.69 Å². The average molecular weight is 291 g/mol. The van der Waals surface area contributed by atoms with Crippen molar-refractivity contribution in [2.24, 2.45) is 11.8 Å². The van der Waals surface area contributed by atoms with Crippen LogP contribution in [0.15, 0.2) is 24.3 Å². The molecule has 0 amide bonds. The lowest BCUT2D eigenvalue weighted by Crippen LogP contribution is -2.35. The van der Waals surface area contributed by atoms with Gasteiger partial charge in [-0.1, -0.05) is 19.9 Å². The van der Waals surface area contributed by atoms with Crippen molar-refractivity contribution in [1.82, 2.24) is 0 Å². The van der Waals surface area contributed by atoms with Gasteiger partial charge in [-0.05, 0) is 48.4 Å². The zero-order chi connectivity index (χ0) is 15.4. The normalized spacial score (nSPS) is 16.9. The van der Waals surface area contributed by atoms with Crippen molar-refractivity contribution in [2.75, 3.05) is 18.0 Å². The van der Waals surface area contributed by atoms with Gasteiger partial charge in [-0.25, -0.2) is 9.18 Å². The Labute approximate surface area is 125 Å². The van der Waals surface area contributed by atoms with Crippen molar-refractivity contribution in [3.8, 4) is 0 Å². The molecule has 1 aliphatic rings. The summed E-state index contributed by atoms with van der Waals surface area (Å²) in [5.74, 6) is 0.0865. The molecule has 0 aliphatic carbocycles. The van der Waals surface area contributed by atoms with E-state index in [0.717, 1.165) is 37.9 Å². The molecule has 0 saturated carbocycles. The minimum atomic E-state index is -1.03. The molecular formula is C17H22FNO2. The number of aliphatic carboxylic acids is 1. The first-order chi connectivity index (χ1) is 9.97. The van der Waals surface area contributed by atoms with E-state index in [2.05, 4.69) is 18.7 Å². The van der Waals surface area contributed by atoms with Crippen LogP contribution in [0.25, 0.3) is 6.08 Å². The van der Waals surface area contributed by atoms with E-state index >= 15 is 0 Å². The van der Waals surface area contributed by atoms with E-state index in [9.17, 15) is 9.18 Å². The van der Waals surface area contributed by atoms with Crippen molar-refractivity contribution in [3.63, 3.8) is 0 Å². The van der Waals surface area contributed by atoms with Crippen LogP contribution >= 0.6 is 0 Å². The molecular weight excluding hydrogens is 269 g/mol. The van der Waals surface area contributed by atoms with Gasteiger partial charge in [0, 0.05) is 19.2 Å². The molecule has 1 saturated heterocycles. The van der Waals surface area contributed by atoms with Gasteiger partial charge in [0.25, 0.3) is 0 Å². The first-order valence-electron chi connectivity index (χ1n) is 7.43. The monoisotopic (exact) mass is 291 g/mol. The molecule has 0 bridgehead atoms. The van der Waals surface area contributed by atoms with Crippen molar-refractivity contribution >= 4 is 17.7 Å². The van der Waals surface area contributed by atoms with Gasteiger partial charge in [0.2, 0.25) is 0 Å². The number of halogens is 1. The lowest BCUT2D eigenvalue weighted by molar-refractivity contribution is -0.131. The number of nitrogens with zero attached hydrogens (tertiary/aromatic N) is 1. The summed E-state index contributed by atoms with van der Waals surface area (Å²) in [6, 6.07) is 4.89. The van der Waals surface area contributed by atoms with E-state index in [1.165, 1.54) is 12.1 Å². The summed E-state index contributed by atoms with van der Waals surface area (Å²) in [5.41, 5.74) is 1.18. The van der Waals surface area contributed by atoms with Gasteiger partial charge in [-0.2, -0.15) is 0 Å². The number of anilines is 1. The predicted octanol–water partition coefficient (Wildman–Crippen LogP) is 3.80. The van der Waals surface area contributed by atoms with Gasteiger partial charge < -0.3 is 10.0 Å². The molecule has 1 fully saturated rings. The number of piperidine rings is 1. The molecule has 0 spiro atoms. The number of hydrogen-bond donors (Lipinski definition) is 1. The number of carbonyl (C=O) groups is 1. The Balaban J connectivity index is 2.06. The van der Waals surface area contributed by atoms with Crippen molar-refractivity contribution in [3.05, 3.63) is 35.7 Å². The van der Waals surface area contributed by atoms with E-state index in [-0.39, 0.29) is 5.82 Å². The molecule has 1 aromatic rings. The van der Waals surface area contributed by atoms with E-state index in [0.29, 0.717) is 17.2 Å². The molecule has 21 heavy (non-hydrogen) atoms. The summed E-state index contributed by atoms with van der Waals surface area (Å²) in [6.45, 7) is 6.24. The number of benzene rings is 1. The second-order valence-corrected chi connectivity index (χ2v) is 5.95. The van der Waals surface area contributed by atoms with Crippen molar-refractivity contribution in [2.45, 2.75) is 26.7 Å². The number of rotatable bonds is 4. The summed E-state index contributed by atoms with van der Waals surface area (Å²) in [5, 5.41) is 8.58. The topological polar surface area (TPSA) is 40.5 Å². The molecule has 0 radical (unpaired) electrons. The molecule has 1 aromatic carbocycles. The van der Waals surface area contributed by atoms with Crippen LogP contribution in [0, 0.1) is 17.7 Å². The second kappa shape index (κ2) is 6.74. The molecule has 1 aliphatic heterocycles. The summed E-state index contributed by atoms with van der Waals surface area (Å²) in [6.07, 6.45) is 4.61. The van der Waals surface area contributed by atoms with Gasteiger partial charge in [0.1, 0.15) is 5.82 Å². The third-order valence-corrected chi connectivity index (χ3v) is 4.21. The standard InChI is InChI=1S/C17H22FNO2/c1-12(2)14-7-9-19(10-8-14)16-5-3-13(11-15(16)18)4-6-17(20)21/h3-6,11-12,14H,7-10H2,1-2H3,(H,20,21)/b6-4+. The van der Waals surface area contributed by atoms with Crippen LogP contribution in [0.2, 0.25) is 0 Å². The van der Waals surface area contributed by atoms with E-state index in [1.54, 1.807) is 12.1 Å².